The second-order valence-corrected chi connectivity index (χ2v) is 6.78. The number of amides is 1. The maximum Gasteiger partial charge on any atom is 0.231 e. The Labute approximate surface area is 155 Å². The van der Waals surface area contributed by atoms with Crippen molar-refractivity contribution in [2.24, 2.45) is 11.5 Å². The summed E-state index contributed by atoms with van der Waals surface area (Å²) in [6, 6.07) is 18.1. The molecule has 3 heteroatoms. The molecular formula is C23H26N2O. The minimum Gasteiger partial charge on any atom is -0.369 e. The maximum absolute atomic E-state index is 9.47. The van der Waals surface area contributed by atoms with Crippen LogP contribution in [0.25, 0.3) is 16.7 Å². The van der Waals surface area contributed by atoms with Gasteiger partial charge in [-0.2, -0.15) is 0 Å². The van der Waals surface area contributed by atoms with Crippen molar-refractivity contribution in [3.63, 3.8) is 0 Å². The molecule has 134 valence electrons. The van der Waals surface area contributed by atoms with Gasteiger partial charge in [-0.15, -0.1) is 0 Å². The van der Waals surface area contributed by atoms with Gasteiger partial charge in [0.15, 0.2) is 0 Å². The minimum absolute atomic E-state index is 0.0556. The highest BCUT2D eigenvalue weighted by Crippen LogP contribution is 2.40. The Hall–Kier alpha value is -2.65. The molecule has 2 aliphatic carbocycles. The van der Waals surface area contributed by atoms with E-state index in [1.165, 1.54) is 47.1 Å². The molecule has 0 heterocycles. The summed E-state index contributed by atoms with van der Waals surface area (Å²) in [5.74, 6) is 0.372. The van der Waals surface area contributed by atoms with E-state index in [1.807, 2.05) is 0 Å². The lowest BCUT2D eigenvalue weighted by Gasteiger charge is -2.09. The molecule has 0 aromatic heterocycles. The topological polar surface area (TPSA) is 69.1 Å². The molecular weight excluding hydrogens is 320 g/mol. The minimum atomic E-state index is -0.468. The summed E-state index contributed by atoms with van der Waals surface area (Å²) < 4.78 is 0. The first-order chi connectivity index (χ1) is 12.7. The van der Waals surface area contributed by atoms with Crippen LogP contribution in [0, 0.1) is 0 Å². The number of benzene rings is 2. The van der Waals surface area contributed by atoms with Crippen molar-refractivity contribution in [1.82, 2.24) is 0 Å². The molecule has 1 saturated carbocycles. The number of allylic oxidation sites excluding steroid dienone is 4. The Balaban J connectivity index is 0.000000349. The zero-order valence-electron chi connectivity index (χ0n) is 15.0. The third kappa shape index (κ3) is 4.93. The number of hydrogen-bond acceptors (Lipinski definition) is 2. The predicted octanol–water partition coefficient (Wildman–Crippen LogP) is 4.39. The fraction of sp³-hybridized carbons (Fsp3) is 0.261. The number of primary amides is 1. The number of carbonyl (C=O) groups excluding carboxylic acids is 1. The SMILES string of the molecule is C1=CC(c2ccc(-c3ccc(C4CC4)cc3)cc2)=CCC1.NCC(N)=O. The zero-order chi connectivity index (χ0) is 18.4. The van der Waals surface area contributed by atoms with Crippen LogP contribution >= 0.6 is 0 Å². The second kappa shape index (κ2) is 8.63. The van der Waals surface area contributed by atoms with Gasteiger partial charge in [-0.3, -0.25) is 4.79 Å². The first kappa shape index (κ1) is 18.2. The van der Waals surface area contributed by atoms with Gasteiger partial charge in [0, 0.05) is 0 Å². The molecule has 4 N–H and O–H groups in total. The van der Waals surface area contributed by atoms with E-state index in [0.717, 1.165) is 12.3 Å². The predicted molar refractivity (Wildman–Crippen MR) is 108 cm³/mol. The average molecular weight is 346 g/mol. The number of nitrogens with two attached hydrogens (primary N) is 2. The molecule has 26 heavy (non-hydrogen) atoms. The molecule has 0 atom stereocenters. The van der Waals surface area contributed by atoms with Crippen LogP contribution in [0.15, 0.2) is 66.8 Å². The third-order valence-corrected chi connectivity index (χ3v) is 4.71. The Morgan fingerprint density at radius 2 is 1.42 bits per heavy atom. The summed E-state index contributed by atoms with van der Waals surface area (Å²) >= 11 is 0. The number of rotatable bonds is 4. The molecule has 1 fully saturated rings. The van der Waals surface area contributed by atoms with Crippen LogP contribution in [0.5, 0.6) is 0 Å². The number of carbonyl (C=O) groups is 1. The molecule has 0 saturated heterocycles. The molecule has 0 spiro atoms. The van der Waals surface area contributed by atoms with Crippen LogP contribution in [-0.4, -0.2) is 12.5 Å². The van der Waals surface area contributed by atoms with E-state index in [0.29, 0.717) is 0 Å². The van der Waals surface area contributed by atoms with Crippen LogP contribution in [-0.2, 0) is 4.79 Å². The molecule has 4 rings (SSSR count). The standard InChI is InChI=1S/C21H20.C2H6N2O/c1-2-4-16(5-3-1)17-6-8-18(9-7-17)19-10-12-20(13-11-19)21-14-15-21;3-1-2(4)5/h2,4-13,21H,1,3,14-15H2;1,3H2,(H2,4,5). The van der Waals surface area contributed by atoms with Gasteiger partial charge in [0.05, 0.1) is 6.54 Å². The van der Waals surface area contributed by atoms with E-state index in [4.69, 9.17) is 5.73 Å². The van der Waals surface area contributed by atoms with E-state index >= 15 is 0 Å². The maximum atomic E-state index is 9.47. The average Bonchev–Trinajstić information content (AvgIpc) is 3.55. The summed E-state index contributed by atoms with van der Waals surface area (Å²) in [7, 11) is 0. The Morgan fingerprint density at radius 3 is 1.88 bits per heavy atom. The van der Waals surface area contributed by atoms with Crippen molar-refractivity contribution in [3.05, 3.63) is 77.9 Å². The zero-order valence-corrected chi connectivity index (χ0v) is 15.0. The van der Waals surface area contributed by atoms with Crippen molar-refractivity contribution in [1.29, 1.82) is 0 Å². The van der Waals surface area contributed by atoms with Gasteiger partial charge in [-0.1, -0.05) is 66.8 Å². The van der Waals surface area contributed by atoms with Crippen LogP contribution < -0.4 is 11.5 Å². The molecule has 3 nitrogen and oxygen atoms in total. The van der Waals surface area contributed by atoms with Crippen LogP contribution in [0.2, 0.25) is 0 Å². The smallest absolute Gasteiger partial charge is 0.231 e. The summed E-state index contributed by atoms with van der Waals surface area (Å²) in [5, 5.41) is 0. The highest BCUT2D eigenvalue weighted by Gasteiger charge is 2.22. The van der Waals surface area contributed by atoms with E-state index in [-0.39, 0.29) is 6.54 Å². The van der Waals surface area contributed by atoms with E-state index in [2.05, 4.69) is 72.5 Å². The highest BCUT2D eigenvalue weighted by molar-refractivity contribution is 5.77. The normalized spacial score (nSPS) is 15.7. The Morgan fingerprint density at radius 1 is 0.885 bits per heavy atom. The van der Waals surface area contributed by atoms with Crippen LogP contribution in [0.4, 0.5) is 0 Å². The van der Waals surface area contributed by atoms with Gasteiger partial charge >= 0.3 is 0 Å². The largest absolute Gasteiger partial charge is 0.369 e. The molecule has 2 aromatic rings. The van der Waals surface area contributed by atoms with Gasteiger partial charge in [-0.05, 0) is 59.4 Å². The van der Waals surface area contributed by atoms with Crippen molar-refractivity contribution >= 4 is 11.5 Å². The number of hydrogen-bond donors (Lipinski definition) is 2. The molecule has 0 unspecified atom stereocenters. The Bertz CT molecular complexity index is 797. The van der Waals surface area contributed by atoms with Gasteiger partial charge in [0.2, 0.25) is 5.91 Å². The fourth-order valence-corrected chi connectivity index (χ4v) is 3.05. The summed E-state index contributed by atoms with van der Waals surface area (Å²) in [6.07, 6.45) is 11.9. The molecule has 2 aromatic carbocycles. The lowest BCUT2D eigenvalue weighted by Crippen LogP contribution is -2.21. The lowest BCUT2D eigenvalue weighted by molar-refractivity contribution is -0.116. The molecule has 0 bridgehead atoms. The summed E-state index contributed by atoms with van der Waals surface area (Å²) in [4.78, 5) is 9.47. The molecule has 0 radical (unpaired) electrons. The third-order valence-electron chi connectivity index (χ3n) is 4.71. The van der Waals surface area contributed by atoms with E-state index < -0.39 is 5.91 Å². The summed E-state index contributed by atoms with van der Waals surface area (Å²) in [5.41, 5.74) is 16.0. The van der Waals surface area contributed by atoms with Crippen molar-refractivity contribution in [3.8, 4) is 11.1 Å². The first-order valence-electron chi connectivity index (χ1n) is 9.23. The van der Waals surface area contributed by atoms with E-state index in [9.17, 15) is 4.79 Å². The molecule has 0 aliphatic heterocycles. The first-order valence-corrected chi connectivity index (χ1v) is 9.23. The Kier molecular flexibility index (Phi) is 6.03. The second-order valence-electron chi connectivity index (χ2n) is 6.78. The lowest BCUT2D eigenvalue weighted by atomic mass is 9.96. The van der Waals surface area contributed by atoms with E-state index in [1.54, 1.807) is 0 Å². The fourth-order valence-electron chi connectivity index (χ4n) is 3.05. The summed E-state index contributed by atoms with van der Waals surface area (Å²) in [6.45, 7) is -0.0556. The van der Waals surface area contributed by atoms with Crippen molar-refractivity contribution in [2.45, 2.75) is 31.6 Å². The molecule has 2 aliphatic rings. The van der Waals surface area contributed by atoms with Gasteiger partial charge in [-0.25, -0.2) is 0 Å². The van der Waals surface area contributed by atoms with Gasteiger partial charge in [0.25, 0.3) is 0 Å². The van der Waals surface area contributed by atoms with Crippen LogP contribution in [0.1, 0.15) is 42.7 Å². The van der Waals surface area contributed by atoms with Crippen molar-refractivity contribution in [2.75, 3.05) is 6.54 Å². The van der Waals surface area contributed by atoms with Crippen molar-refractivity contribution < 1.29 is 4.79 Å². The quantitative estimate of drug-likeness (QED) is 0.862. The van der Waals surface area contributed by atoms with Gasteiger partial charge in [0.1, 0.15) is 0 Å². The highest BCUT2D eigenvalue weighted by atomic mass is 16.1. The molecule has 1 amide bonds. The van der Waals surface area contributed by atoms with Gasteiger partial charge < -0.3 is 11.5 Å². The van der Waals surface area contributed by atoms with Crippen LogP contribution in [0.3, 0.4) is 0 Å². The monoisotopic (exact) mass is 346 g/mol.